The van der Waals surface area contributed by atoms with Crippen LogP contribution >= 0.6 is 0 Å². The smallest absolute Gasteiger partial charge is 1.00 e. The first-order valence-electron chi connectivity index (χ1n) is 4.61. The summed E-state index contributed by atoms with van der Waals surface area (Å²) in [5, 5.41) is 0. The molecule has 4 heteroatoms. The molecule has 0 aliphatic heterocycles. The summed E-state index contributed by atoms with van der Waals surface area (Å²) in [5.41, 5.74) is 7.27. The number of rotatable bonds is 0. The summed E-state index contributed by atoms with van der Waals surface area (Å²) in [4.78, 5) is 0. The van der Waals surface area contributed by atoms with E-state index in [4.69, 9.17) is 0 Å². The van der Waals surface area contributed by atoms with Crippen molar-refractivity contribution in [1.82, 2.24) is 0 Å². The van der Waals surface area contributed by atoms with E-state index in [1.54, 1.807) is 0 Å². The summed E-state index contributed by atoms with van der Waals surface area (Å²) in [6.07, 6.45) is 4.55. The van der Waals surface area contributed by atoms with Crippen molar-refractivity contribution in [2.24, 2.45) is 0 Å². The zero-order chi connectivity index (χ0) is 9.59. The van der Waals surface area contributed by atoms with Crippen LogP contribution in [0.25, 0.3) is 6.08 Å². The molecule has 0 heterocycles. The van der Waals surface area contributed by atoms with Gasteiger partial charge in [-0.1, -0.05) is 0 Å². The van der Waals surface area contributed by atoms with Gasteiger partial charge < -0.3 is 37.2 Å². The van der Waals surface area contributed by atoms with E-state index < -0.39 is 0 Å². The fourth-order valence-corrected chi connectivity index (χ4v) is 2.43. The van der Waals surface area contributed by atoms with Crippen molar-refractivity contribution in [3.63, 3.8) is 0 Å². The van der Waals surface area contributed by atoms with Crippen LogP contribution in [0.15, 0.2) is 12.1 Å². The minimum absolute atomic E-state index is 0. The van der Waals surface area contributed by atoms with Crippen molar-refractivity contribution in [3.05, 3.63) is 40.0 Å². The number of fused-ring (bicyclic) bond motifs is 1. The van der Waals surface area contributed by atoms with E-state index in [9.17, 15) is 0 Å². The van der Waals surface area contributed by atoms with Crippen molar-refractivity contribution in [1.29, 1.82) is 0 Å². The van der Waals surface area contributed by atoms with Crippen molar-refractivity contribution in [2.75, 3.05) is 0 Å². The Balaban J connectivity index is 0. The molecule has 2 rings (SSSR count). The predicted molar refractivity (Wildman–Crippen MR) is 52.4 cm³/mol. The molecule has 0 fully saturated rings. The second-order valence-electron chi connectivity index (χ2n) is 3.78. The first-order chi connectivity index (χ1) is 6.11. The SMILES string of the molecule is Cc1cc2c(c(C)c1C)C=C[CH]2[Ti+3].[Cl-].[Cl-].[Cl-]. The summed E-state index contributed by atoms with van der Waals surface area (Å²) in [6.45, 7) is 6.64. The number of hydrogen-bond donors (Lipinski definition) is 0. The molecule has 1 aromatic rings. The molecule has 0 saturated carbocycles. The third kappa shape index (κ3) is 3.06. The van der Waals surface area contributed by atoms with Crippen LogP contribution in [0.5, 0.6) is 0 Å². The number of hydrogen-bond acceptors (Lipinski definition) is 0. The predicted octanol–water partition coefficient (Wildman–Crippen LogP) is -5.76. The molecular weight excluding hydrogens is 298 g/mol. The van der Waals surface area contributed by atoms with Crippen LogP contribution in [0.3, 0.4) is 0 Å². The van der Waals surface area contributed by atoms with Gasteiger partial charge in [0.05, 0.1) is 0 Å². The Kier molecular flexibility index (Phi) is 8.37. The molecule has 1 aromatic carbocycles. The number of benzene rings is 1. The molecule has 0 radical (unpaired) electrons. The molecule has 1 unspecified atom stereocenters. The van der Waals surface area contributed by atoms with Crippen molar-refractivity contribution in [2.45, 2.75) is 25.0 Å². The van der Waals surface area contributed by atoms with Crippen LogP contribution in [-0.4, -0.2) is 0 Å². The van der Waals surface area contributed by atoms with Gasteiger partial charge >= 0.3 is 91.5 Å². The Morgan fingerprint density at radius 3 is 2.12 bits per heavy atom. The molecule has 0 amide bonds. The Morgan fingerprint density at radius 1 is 1.00 bits per heavy atom. The third-order valence-corrected chi connectivity index (χ3v) is 3.82. The van der Waals surface area contributed by atoms with Crippen LogP contribution in [-0.2, 0) is 20.4 Å². The maximum atomic E-state index is 2.34. The average molecular weight is 311 g/mol. The molecular formula is C12H13Cl3Ti. The normalized spacial score (nSPS) is 15.7. The quantitative estimate of drug-likeness (QED) is 0.419. The van der Waals surface area contributed by atoms with Crippen molar-refractivity contribution in [3.8, 4) is 0 Å². The van der Waals surface area contributed by atoms with Gasteiger partial charge in [0.25, 0.3) is 0 Å². The monoisotopic (exact) mass is 310 g/mol. The van der Waals surface area contributed by atoms with Crippen molar-refractivity contribution >= 4 is 6.08 Å². The molecule has 0 aromatic heterocycles. The Labute approximate surface area is 128 Å². The second-order valence-corrected chi connectivity index (χ2v) is 4.75. The molecule has 0 bridgehead atoms. The van der Waals surface area contributed by atoms with Gasteiger partial charge in [0, 0.05) is 0 Å². The van der Waals surface area contributed by atoms with Gasteiger partial charge in [0.2, 0.25) is 0 Å². The first kappa shape index (κ1) is 18.9. The van der Waals surface area contributed by atoms with Crippen LogP contribution in [0.2, 0.25) is 0 Å². The zero-order valence-electron chi connectivity index (χ0n) is 9.44. The van der Waals surface area contributed by atoms with E-state index in [-0.39, 0.29) is 37.2 Å². The van der Waals surface area contributed by atoms with E-state index in [0.717, 1.165) is 0 Å². The average Bonchev–Trinajstić information content (AvgIpc) is 2.45. The standard InChI is InChI=1S/C12H13.3ClH.Ti/c1-8-7-11-5-4-6-12(11)10(3)9(8)2;;;;/h4-7H,1-3H3;3*1H;/q;;;;+3/p-3. The number of allylic oxidation sites excluding steroid dienone is 1. The third-order valence-electron chi connectivity index (χ3n) is 3.03. The second kappa shape index (κ2) is 7.08. The zero-order valence-corrected chi connectivity index (χ0v) is 13.3. The minimum atomic E-state index is 0. The van der Waals surface area contributed by atoms with Gasteiger partial charge in [0.15, 0.2) is 0 Å². The van der Waals surface area contributed by atoms with Gasteiger partial charge in [-0.05, 0) is 0 Å². The fraction of sp³-hybridized carbons (Fsp3) is 0.333. The molecule has 0 N–H and O–H groups in total. The summed E-state index contributed by atoms with van der Waals surface area (Å²) >= 11 is 2.26. The molecule has 0 spiro atoms. The minimum Gasteiger partial charge on any atom is -1.00 e. The van der Waals surface area contributed by atoms with Crippen LogP contribution in [0.1, 0.15) is 32.0 Å². The maximum absolute atomic E-state index is 2.34. The molecule has 1 atom stereocenters. The molecule has 86 valence electrons. The Morgan fingerprint density at radius 2 is 1.56 bits per heavy atom. The summed E-state index contributed by atoms with van der Waals surface area (Å²) < 4.78 is 0.605. The van der Waals surface area contributed by atoms with Gasteiger partial charge in [-0.25, -0.2) is 0 Å². The Hall–Kier alpha value is 0.544. The van der Waals surface area contributed by atoms with Crippen molar-refractivity contribution < 1.29 is 57.7 Å². The number of halogens is 3. The number of aryl methyl sites for hydroxylation is 1. The molecule has 1 aliphatic rings. The Bertz CT molecular complexity index is 400. The molecule has 16 heavy (non-hydrogen) atoms. The van der Waals surface area contributed by atoms with Gasteiger partial charge in [-0.15, -0.1) is 0 Å². The topological polar surface area (TPSA) is 0 Å². The van der Waals surface area contributed by atoms with E-state index in [1.165, 1.54) is 27.8 Å². The van der Waals surface area contributed by atoms with Gasteiger partial charge in [-0.3, -0.25) is 0 Å². The van der Waals surface area contributed by atoms with E-state index in [0.29, 0.717) is 4.22 Å². The van der Waals surface area contributed by atoms with E-state index in [2.05, 4.69) is 59.4 Å². The molecule has 0 nitrogen and oxygen atoms in total. The van der Waals surface area contributed by atoms with E-state index in [1.807, 2.05) is 0 Å². The molecule has 1 aliphatic carbocycles. The van der Waals surface area contributed by atoms with Crippen LogP contribution in [0.4, 0.5) is 0 Å². The van der Waals surface area contributed by atoms with Gasteiger partial charge in [0.1, 0.15) is 0 Å². The summed E-state index contributed by atoms with van der Waals surface area (Å²) in [5.74, 6) is 0. The fourth-order valence-electron chi connectivity index (χ4n) is 1.91. The van der Waals surface area contributed by atoms with E-state index >= 15 is 0 Å². The van der Waals surface area contributed by atoms with Gasteiger partial charge in [-0.2, -0.15) is 0 Å². The van der Waals surface area contributed by atoms with Crippen LogP contribution < -0.4 is 37.2 Å². The first-order valence-corrected chi connectivity index (χ1v) is 5.51. The molecule has 0 saturated heterocycles. The summed E-state index contributed by atoms with van der Waals surface area (Å²) in [6, 6.07) is 2.34. The maximum Gasteiger partial charge on any atom is -1.00 e. The largest absolute Gasteiger partial charge is 1.00 e. The summed E-state index contributed by atoms with van der Waals surface area (Å²) in [7, 11) is 0. The van der Waals surface area contributed by atoms with Crippen LogP contribution in [0, 0.1) is 20.8 Å².